The van der Waals surface area contributed by atoms with Gasteiger partial charge >= 0.3 is 0 Å². The molecule has 0 saturated heterocycles. The Morgan fingerprint density at radius 2 is 1.71 bits per heavy atom. The Morgan fingerprint density at radius 1 is 1.00 bits per heavy atom. The molecule has 0 radical (unpaired) electrons. The van der Waals surface area contributed by atoms with Crippen molar-refractivity contribution in [3.8, 4) is 40.1 Å². The first-order chi connectivity index (χ1) is 13.7. The van der Waals surface area contributed by atoms with Gasteiger partial charge in [-0.05, 0) is 24.3 Å². The van der Waals surface area contributed by atoms with Crippen LogP contribution < -0.4 is 19.6 Å². The molecule has 0 spiro atoms. The van der Waals surface area contributed by atoms with Gasteiger partial charge in [0.15, 0.2) is 11.5 Å². The molecule has 0 aliphatic heterocycles. The molecule has 2 aromatic carbocycles. The third-order valence-corrected chi connectivity index (χ3v) is 4.37. The molecule has 0 atom stereocenters. The summed E-state index contributed by atoms with van der Waals surface area (Å²) in [7, 11) is 4.58. The summed E-state index contributed by atoms with van der Waals surface area (Å²) in [5, 5.41) is 4.55. The molecule has 28 heavy (non-hydrogen) atoms. The number of rotatable bonds is 5. The molecule has 2 heterocycles. The first-order valence-corrected chi connectivity index (χ1v) is 8.41. The Kier molecular flexibility index (Phi) is 4.44. The van der Waals surface area contributed by atoms with Crippen LogP contribution >= 0.6 is 0 Å². The van der Waals surface area contributed by atoms with Crippen molar-refractivity contribution in [2.45, 2.75) is 0 Å². The Bertz CT molecular complexity index is 1190. The van der Waals surface area contributed by atoms with Crippen LogP contribution in [0.15, 0.2) is 51.9 Å². The molecule has 142 valence electrons. The minimum atomic E-state index is -0.186. The van der Waals surface area contributed by atoms with E-state index < -0.39 is 0 Å². The number of methoxy groups -OCH3 is 3. The molecule has 0 bridgehead atoms. The number of benzene rings is 2. The lowest BCUT2D eigenvalue weighted by atomic mass is 10.1. The van der Waals surface area contributed by atoms with Crippen LogP contribution in [0.4, 0.5) is 0 Å². The predicted molar refractivity (Wildman–Crippen MR) is 103 cm³/mol. The predicted octanol–water partition coefficient (Wildman–Crippen LogP) is 3.27. The first-order valence-electron chi connectivity index (χ1n) is 8.41. The largest absolute Gasteiger partial charge is 0.493 e. The van der Waals surface area contributed by atoms with Gasteiger partial charge < -0.3 is 23.7 Å². The van der Waals surface area contributed by atoms with Gasteiger partial charge in [-0.2, -0.15) is 4.98 Å². The van der Waals surface area contributed by atoms with Crippen LogP contribution in [0.1, 0.15) is 0 Å². The van der Waals surface area contributed by atoms with E-state index in [1.165, 1.54) is 21.3 Å². The molecule has 0 fully saturated rings. The standard InChI is InChI=1S/C20H17N3O5/c1-25-15-8-11(9-16(26-2)18(15)27-3)19-22-20(28-23-19)13-10-21-14-7-5-4-6-12(14)17(13)24/h4-10H,1-3H3,(H,21,24). The number of hydrogen-bond acceptors (Lipinski definition) is 7. The van der Waals surface area contributed by atoms with Gasteiger partial charge in [0.25, 0.3) is 5.89 Å². The topological polar surface area (TPSA) is 99.5 Å². The number of nitrogens with zero attached hydrogens (tertiary/aromatic N) is 2. The summed E-state index contributed by atoms with van der Waals surface area (Å²) in [6.07, 6.45) is 1.57. The highest BCUT2D eigenvalue weighted by Gasteiger charge is 2.19. The zero-order valence-corrected chi connectivity index (χ0v) is 15.5. The normalized spacial score (nSPS) is 10.8. The van der Waals surface area contributed by atoms with E-state index in [-0.39, 0.29) is 11.3 Å². The minimum Gasteiger partial charge on any atom is -0.493 e. The summed E-state index contributed by atoms with van der Waals surface area (Å²) < 4.78 is 21.4. The number of aromatic nitrogens is 3. The Balaban J connectivity index is 1.81. The third kappa shape index (κ3) is 2.84. The SMILES string of the molecule is COc1cc(-c2noc(-c3c[nH]c4ccccc4c3=O)n2)cc(OC)c1OC. The average molecular weight is 379 g/mol. The highest BCUT2D eigenvalue weighted by atomic mass is 16.5. The van der Waals surface area contributed by atoms with E-state index in [1.54, 1.807) is 30.5 Å². The smallest absolute Gasteiger partial charge is 0.263 e. The van der Waals surface area contributed by atoms with E-state index in [2.05, 4.69) is 15.1 Å². The van der Waals surface area contributed by atoms with Crippen molar-refractivity contribution in [3.05, 3.63) is 52.8 Å². The molecule has 0 unspecified atom stereocenters. The molecule has 0 aliphatic rings. The lowest BCUT2D eigenvalue weighted by Crippen LogP contribution is -2.06. The lowest BCUT2D eigenvalue weighted by Gasteiger charge is -2.12. The molecule has 0 aliphatic carbocycles. The van der Waals surface area contributed by atoms with Gasteiger partial charge in [0.05, 0.1) is 21.3 Å². The van der Waals surface area contributed by atoms with Gasteiger partial charge in [-0.1, -0.05) is 17.3 Å². The van der Waals surface area contributed by atoms with E-state index in [0.717, 1.165) is 5.52 Å². The number of aromatic amines is 1. The fourth-order valence-corrected chi connectivity index (χ4v) is 2.99. The second-order valence-corrected chi connectivity index (χ2v) is 5.91. The summed E-state index contributed by atoms with van der Waals surface area (Å²) in [5.41, 5.74) is 1.45. The van der Waals surface area contributed by atoms with E-state index in [9.17, 15) is 4.79 Å². The number of pyridine rings is 1. The maximum absolute atomic E-state index is 12.8. The molecular formula is C20H17N3O5. The number of para-hydroxylation sites is 1. The van der Waals surface area contributed by atoms with E-state index in [0.29, 0.717) is 39.6 Å². The third-order valence-electron chi connectivity index (χ3n) is 4.37. The maximum Gasteiger partial charge on any atom is 0.263 e. The van der Waals surface area contributed by atoms with Crippen LogP contribution in [-0.4, -0.2) is 36.5 Å². The molecule has 0 amide bonds. The van der Waals surface area contributed by atoms with Crippen LogP contribution in [0, 0.1) is 0 Å². The Morgan fingerprint density at radius 3 is 2.39 bits per heavy atom. The second-order valence-electron chi connectivity index (χ2n) is 5.91. The van der Waals surface area contributed by atoms with Crippen molar-refractivity contribution in [3.63, 3.8) is 0 Å². The van der Waals surface area contributed by atoms with Gasteiger partial charge in [0, 0.05) is 22.7 Å². The number of hydrogen-bond donors (Lipinski definition) is 1. The van der Waals surface area contributed by atoms with Crippen molar-refractivity contribution in [1.29, 1.82) is 0 Å². The van der Waals surface area contributed by atoms with Crippen molar-refractivity contribution in [2.75, 3.05) is 21.3 Å². The fourth-order valence-electron chi connectivity index (χ4n) is 2.99. The van der Waals surface area contributed by atoms with Gasteiger partial charge in [0.1, 0.15) is 5.56 Å². The Hall–Kier alpha value is -3.81. The second kappa shape index (κ2) is 7.07. The van der Waals surface area contributed by atoms with Crippen LogP contribution in [0.3, 0.4) is 0 Å². The highest BCUT2D eigenvalue weighted by Crippen LogP contribution is 2.40. The zero-order chi connectivity index (χ0) is 19.7. The first kappa shape index (κ1) is 17.6. The number of ether oxygens (including phenoxy) is 3. The van der Waals surface area contributed by atoms with Gasteiger partial charge in [0.2, 0.25) is 17.0 Å². The van der Waals surface area contributed by atoms with E-state index in [1.807, 2.05) is 12.1 Å². The van der Waals surface area contributed by atoms with Crippen LogP contribution in [-0.2, 0) is 0 Å². The van der Waals surface area contributed by atoms with Crippen LogP contribution in [0.25, 0.3) is 33.7 Å². The molecule has 2 aromatic heterocycles. The van der Waals surface area contributed by atoms with Crippen molar-refractivity contribution in [2.24, 2.45) is 0 Å². The van der Waals surface area contributed by atoms with Gasteiger partial charge in [-0.25, -0.2) is 0 Å². The molecule has 4 aromatic rings. The average Bonchev–Trinajstić information content (AvgIpc) is 3.23. The number of nitrogens with one attached hydrogen (secondary N) is 1. The lowest BCUT2D eigenvalue weighted by molar-refractivity contribution is 0.324. The monoisotopic (exact) mass is 379 g/mol. The summed E-state index contributed by atoms with van der Waals surface area (Å²) in [4.78, 5) is 20.2. The van der Waals surface area contributed by atoms with Crippen LogP contribution in [0.2, 0.25) is 0 Å². The molecule has 8 heteroatoms. The molecular weight excluding hydrogens is 362 g/mol. The number of fused-ring (bicyclic) bond motifs is 1. The highest BCUT2D eigenvalue weighted by molar-refractivity contribution is 5.82. The summed E-state index contributed by atoms with van der Waals surface area (Å²) >= 11 is 0. The van der Waals surface area contributed by atoms with E-state index in [4.69, 9.17) is 18.7 Å². The van der Waals surface area contributed by atoms with Crippen LogP contribution in [0.5, 0.6) is 17.2 Å². The van der Waals surface area contributed by atoms with Gasteiger partial charge in [-0.3, -0.25) is 4.79 Å². The summed E-state index contributed by atoms with van der Waals surface area (Å²) in [6.45, 7) is 0. The maximum atomic E-state index is 12.8. The van der Waals surface area contributed by atoms with Crippen molar-refractivity contribution in [1.82, 2.24) is 15.1 Å². The van der Waals surface area contributed by atoms with Crippen molar-refractivity contribution >= 4 is 10.9 Å². The minimum absolute atomic E-state index is 0.121. The summed E-state index contributed by atoms with van der Waals surface area (Å²) in [6, 6.07) is 10.6. The quantitative estimate of drug-likeness (QED) is 0.568. The van der Waals surface area contributed by atoms with E-state index >= 15 is 0 Å². The fraction of sp³-hybridized carbons (Fsp3) is 0.150. The Labute approximate surface area is 159 Å². The molecule has 0 saturated carbocycles. The van der Waals surface area contributed by atoms with Crippen molar-refractivity contribution < 1.29 is 18.7 Å². The summed E-state index contributed by atoms with van der Waals surface area (Å²) in [5.74, 6) is 1.81. The molecule has 4 rings (SSSR count). The number of H-pyrrole nitrogens is 1. The zero-order valence-electron chi connectivity index (χ0n) is 15.5. The molecule has 1 N–H and O–H groups in total. The van der Waals surface area contributed by atoms with Gasteiger partial charge in [-0.15, -0.1) is 0 Å². The molecule has 8 nitrogen and oxygen atoms in total.